The zero-order valence-corrected chi connectivity index (χ0v) is 12.9. The van der Waals surface area contributed by atoms with Crippen LogP contribution in [0.25, 0.3) is 0 Å². The molecule has 1 aliphatic heterocycles. The molecule has 0 amide bonds. The van der Waals surface area contributed by atoms with Gasteiger partial charge in [0.2, 0.25) is 11.8 Å². The fourth-order valence-electron chi connectivity index (χ4n) is 2.50. The van der Waals surface area contributed by atoms with Crippen LogP contribution in [-0.2, 0) is 0 Å². The first-order valence-electron chi connectivity index (χ1n) is 7.64. The zero-order valence-electron chi connectivity index (χ0n) is 12.9. The number of anilines is 1. The van der Waals surface area contributed by atoms with Crippen LogP contribution in [0.1, 0.15) is 38.8 Å². The van der Waals surface area contributed by atoms with Gasteiger partial charge in [0, 0.05) is 24.3 Å². The van der Waals surface area contributed by atoms with Crippen LogP contribution >= 0.6 is 0 Å². The fourth-order valence-corrected chi connectivity index (χ4v) is 2.50. The number of nitrogens with one attached hydrogen (secondary N) is 1. The highest BCUT2D eigenvalue weighted by molar-refractivity contribution is 5.31. The molecule has 0 bridgehead atoms. The molecule has 2 rings (SSSR count). The van der Waals surface area contributed by atoms with Crippen molar-refractivity contribution in [2.24, 2.45) is 0 Å². The number of ether oxygens (including phenoxy) is 1. The minimum atomic E-state index is 0.342. The van der Waals surface area contributed by atoms with Crippen molar-refractivity contribution in [1.29, 1.82) is 0 Å². The van der Waals surface area contributed by atoms with Gasteiger partial charge in [0.25, 0.3) is 0 Å². The summed E-state index contributed by atoms with van der Waals surface area (Å²) in [6, 6.07) is 2.22. The second-order valence-electron chi connectivity index (χ2n) is 5.57. The van der Waals surface area contributed by atoms with Gasteiger partial charge in [-0.3, -0.25) is 0 Å². The Kier molecular flexibility index (Phi) is 5.59. The van der Waals surface area contributed by atoms with Crippen molar-refractivity contribution >= 4 is 5.95 Å². The summed E-state index contributed by atoms with van der Waals surface area (Å²) in [5, 5.41) is 3.38. The molecule has 1 aromatic heterocycles. The first-order chi connectivity index (χ1) is 9.67. The quantitative estimate of drug-likeness (QED) is 0.830. The van der Waals surface area contributed by atoms with Gasteiger partial charge in [0.1, 0.15) is 0 Å². The molecule has 0 aromatic carbocycles. The maximum absolute atomic E-state index is 5.59. The van der Waals surface area contributed by atoms with Gasteiger partial charge in [-0.05, 0) is 46.2 Å². The van der Waals surface area contributed by atoms with Crippen LogP contribution in [0.4, 0.5) is 5.95 Å². The fraction of sp³-hybridized carbons (Fsp3) is 0.733. The molecule has 2 heterocycles. The van der Waals surface area contributed by atoms with Crippen molar-refractivity contribution in [1.82, 2.24) is 14.9 Å². The molecule has 1 atom stereocenters. The number of rotatable bonds is 7. The molecule has 1 N–H and O–H groups in total. The third kappa shape index (κ3) is 4.63. The van der Waals surface area contributed by atoms with Crippen molar-refractivity contribution in [3.05, 3.63) is 11.8 Å². The summed E-state index contributed by atoms with van der Waals surface area (Å²) in [4.78, 5) is 11.3. The number of aromatic nitrogens is 2. The van der Waals surface area contributed by atoms with Crippen LogP contribution in [0.5, 0.6) is 5.88 Å². The van der Waals surface area contributed by atoms with Gasteiger partial charge in [-0.2, -0.15) is 4.98 Å². The SMILES string of the molecule is CCCOc1cc(C)nc(NC(C)CN2CCCC2)n1. The van der Waals surface area contributed by atoms with Gasteiger partial charge in [-0.25, -0.2) is 4.98 Å². The highest BCUT2D eigenvalue weighted by Crippen LogP contribution is 2.14. The molecule has 20 heavy (non-hydrogen) atoms. The first-order valence-corrected chi connectivity index (χ1v) is 7.64. The van der Waals surface area contributed by atoms with E-state index >= 15 is 0 Å². The molecular weight excluding hydrogens is 252 g/mol. The van der Waals surface area contributed by atoms with E-state index in [4.69, 9.17) is 4.74 Å². The molecule has 1 aromatic rings. The van der Waals surface area contributed by atoms with Crippen LogP contribution in [0, 0.1) is 6.92 Å². The molecule has 1 saturated heterocycles. The van der Waals surface area contributed by atoms with E-state index in [2.05, 4.69) is 34.0 Å². The monoisotopic (exact) mass is 278 g/mol. The number of aryl methyl sites for hydroxylation is 1. The van der Waals surface area contributed by atoms with E-state index in [1.807, 2.05) is 13.0 Å². The van der Waals surface area contributed by atoms with E-state index in [9.17, 15) is 0 Å². The summed E-state index contributed by atoms with van der Waals surface area (Å²) in [6.07, 6.45) is 3.63. The Morgan fingerprint density at radius 3 is 2.80 bits per heavy atom. The maximum Gasteiger partial charge on any atom is 0.226 e. The zero-order chi connectivity index (χ0) is 14.4. The first kappa shape index (κ1) is 15.0. The molecule has 5 heteroatoms. The molecule has 0 spiro atoms. The Bertz CT molecular complexity index is 418. The van der Waals surface area contributed by atoms with E-state index in [0.29, 0.717) is 24.5 Å². The molecular formula is C15H26N4O. The Morgan fingerprint density at radius 1 is 1.35 bits per heavy atom. The summed E-state index contributed by atoms with van der Waals surface area (Å²) in [7, 11) is 0. The number of hydrogen-bond acceptors (Lipinski definition) is 5. The smallest absolute Gasteiger partial charge is 0.226 e. The van der Waals surface area contributed by atoms with Gasteiger partial charge >= 0.3 is 0 Å². The van der Waals surface area contributed by atoms with Crippen LogP contribution in [0.2, 0.25) is 0 Å². The molecule has 0 saturated carbocycles. The third-order valence-corrected chi connectivity index (χ3v) is 3.39. The van der Waals surface area contributed by atoms with Crippen LogP contribution in [-0.4, -0.2) is 47.2 Å². The summed E-state index contributed by atoms with van der Waals surface area (Å²) >= 11 is 0. The van der Waals surface area contributed by atoms with E-state index in [0.717, 1.165) is 18.7 Å². The molecule has 112 valence electrons. The highest BCUT2D eigenvalue weighted by atomic mass is 16.5. The Morgan fingerprint density at radius 2 is 2.10 bits per heavy atom. The third-order valence-electron chi connectivity index (χ3n) is 3.39. The van der Waals surface area contributed by atoms with E-state index < -0.39 is 0 Å². The summed E-state index contributed by atoms with van der Waals surface area (Å²) < 4.78 is 5.59. The second kappa shape index (κ2) is 7.43. The molecule has 1 unspecified atom stereocenters. The molecule has 0 aliphatic carbocycles. The summed E-state index contributed by atoms with van der Waals surface area (Å²) in [6.45, 7) is 10.4. The summed E-state index contributed by atoms with van der Waals surface area (Å²) in [5.74, 6) is 1.33. The normalized spacial score (nSPS) is 17.1. The highest BCUT2D eigenvalue weighted by Gasteiger charge is 2.15. The predicted octanol–water partition coefficient (Wildman–Crippen LogP) is 2.47. The number of hydrogen-bond donors (Lipinski definition) is 1. The van der Waals surface area contributed by atoms with Crippen molar-refractivity contribution in [2.75, 3.05) is 31.6 Å². The lowest BCUT2D eigenvalue weighted by Gasteiger charge is -2.21. The van der Waals surface area contributed by atoms with Crippen molar-refractivity contribution in [3.63, 3.8) is 0 Å². The summed E-state index contributed by atoms with van der Waals surface area (Å²) in [5.41, 5.74) is 0.932. The second-order valence-corrected chi connectivity index (χ2v) is 5.57. The van der Waals surface area contributed by atoms with E-state index in [1.54, 1.807) is 0 Å². The van der Waals surface area contributed by atoms with Crippen molar-refractivity contribution < 1.29 is 4.74 Å². The standard InChI is InChI=1S/C15H26N4O/c1-4-9-20-14-10-12(2)16-15(18-14)17-13(3)11-19-7-5-6-8-19/h10,13H,4-9,11H2,1-3H3,(H,16,17,18). The minimum Gasteiger partial charge on any atom is -0.478 e. The average molecular weight is 278 g/mol. The Labute approximate surface area is 121 Å². The lowest BCUT2D eigenvalue weighted by atomic mass is 10.3. The van der Waals surface area contributed by atoms with Crippen molar-refractivity contribution in [3.8, 4) is 5.88 Å². The van der Waals surface area contributed by atoms with Gasteiger partial charge in [0.05, 0.1) is 6.61 Å². The Hall–Kier alpha value is -1.36. The lowest BCUT2D eigenvalue weighted by molar-refractivity contribution is 0.304. The molecule has 1 aliphatic rings. The Balaban J connectivity index is 1.91. The number of nitrogens with zero attached hydrogens (tertiary/aromatic N) is 3. The molecule has 0 radical (unpaired) electrons. The van der Waals surface area contributed by atoms with Gasteiger partial charge in [-0.1, -0.05) is 6.92 Å². The number of likely N-dealkylation sites (tertiary alicyclic amines) is 1. The van der Waals surface area contributed by atoms with Gasteiger partial charge in [0.15, 0.2) is 0 Å². The van der Waals surface area contributed by atoms with Gasteiger partial charge < -0.3 is 15.0 Å². The largest absolute Gasteiger partial charge is 0.478 e. The topological polar surface area (TPSA) is 50.3 Å². The van der Waals surface area contributed by atoms with Crippen LogP contribution in [0.3, 0.4) is 0 Å². The van der Waals surface area contributed by atoms with Crippen LogP contribution in [0.15, 0.2) is 6.07 Å². The molecule has 1 fully saturated rings. The maximum atomic E-state index is 5.59. The van der Waals surface area contributed by atoms with Gasteiger partial charge in [-0.15, -0.1) is 0 Å². The molecule has 5 nitrogen and oxygen atoms in total. The van der Waals surface area contributed by atoms with Crippen LogP contribution < -0.4 is 10.1 Å². The van der Waals surface area contributed by atoms with E-state index in [1.165, 1.54) is 25.9 Å². The lowest BCUT2D eigenvalue weighted by Crippen LogP contribution is -2.33. The average Bonchev–Trinajstić information content (AvgIpc) is 2.88. The predicted molar refractivity (Wildman–Crippen MR) is 81.3 cm³/mol. The van der Waals surface area contributed by atoms with Crippen molar-refractivity contribution in [2.45, 2.75) is 46.1 Å². The van der Waals surface area contributed by atoms with E-state index in [-0.39, 0.29) is 0 Å². The minimum absolute atomic E-state index is 0.342.